The summed E-state index contributed by atoms with van der Waals surface area (Å²) in [5, 5.41) is 0. The number of fused-ring (bicyclic) bond motifs is 1. The van der Waals surface area contributed by atoms with Gasteiger partial charge in [0.15, 0.2) is 17.2 Å². The van der Waals surface area contributed by atoms with Crippen molar-refractivity contribution >= 4 is 17.1 Å². The Bertz CT molecular complexity index is 1170. The van der Waals surface area contributed by atoms with E-state index in [9.17, 15) is 9.59 Å². The minimum atomic E-state index is -0.730. The average molecular weight is 345 g/mol. The minimum absolute atomic E-state index is 0.0168. The largest absolute Gasteiger partial charge is 0.364 e. The Kier molecular flexibility index (Phi) is 3.62. The molecule has 0 fully saturated rings. The van der Waals surface area contributed by atoms with E-state index < -0.39 is 11.6 Å². The fraction of sp³-hybridized carbons (Fsp3) is 0.0526. The van der Waals surface area contributed by atoms with Gasteiger partial charge in [0.1, 0.15) is 5.52 Å². The second-order valence-electron chi connectivity index (χ2n) is 5.93. The SMILES string of the molecule is Cc1ccc(-n2c(=O)[nH]c3c(C(N)=O)nc(-c4ccccc4)nc32)cc1. The summed E-state index contributed by atoms with van der Waals surface area (Å²) in [6.45, 7) is 1.96. The number of imidazole rings is 1. The third-order valence-corrected chi connectivity index (χ3v) is 4.09. The van der Waals surface area contributed by atoms with Crippen molar-refractivity contribution in [2.75, 3.05) is 0 Å². The molecule has 0 spiro atoms. The Morgan fingerprint density at radius 2 is 1.73 bits per heavy atom. The van der Waals surface area contributed by atoms with Crippen LogP contribution < -0.4 is 11.4 Å². The number of hydrogen-bond donors (Lipinski definition) is 2. The second kappa shape index (κ2) is 5.96. The number of nitrogens with one attached hydrogen (secondary N) is 1. The zero-order valence-corrected chi connectivity index (χ0v) is 13.9. The van der Waals surface area contributed by atoms with Gasteiger partial charge in [-0.15, -0.1) is 0 Å². The third-order valence-electron chi connectivity index (χ3n) is 4.09. The molecule has 0 saturated heterocycles. The zero-order chi connectivity index (χ0) is 18.3. The molecule has 0 aliphatic carbocycles. The number of aryl methyl sites for hydroxylation is 1. The highest BCUT2D eigenvalue weighted by Gasteiger charge is 2.20. The summed E-state index contributed by atoms with van der Waals surface area (Å²) in [5.74, 6) is -0.404. The number of rotatable bonds is 3. The van der Waals surface area contributed by atoms with E-state index in [0.29, 0.717) is 17.2 Å². The number of carbonyl (C=O) groups is 1. The molecule has 0 aliphatic rings. The molecule has 3 N–H and O–H groups in total. The smallest absolute Gasteiger partial charge is 0.332 e. The van der Waals surface area contributed by atoms with Crippen LogP contribution in [0.3, 0.4) is 0 Å². The molecule has 0 atom stereocenters. The summed E-state index contributed by atoms with van der Waals surface area (Å²) >= 11 is 0. The van der Waals surface area contributed by atoms with Crippen LogP contribution in [0.4, 0.5) is 0 Å². The molecule has 26 heavy (non-hydrogen) atoms. The molecule has 1 amide bonds. The summed E-state index contributed by atoms with van der Waals surface area (Å²) in [6, 6.07) is 16.6. The summed E-state index contributed by atoms with van der Waals surface area (Å²) in [5.41, 5.74) is 8.02. The molecule has 2 aromatic carbocycles. The number of aromatic amines is 1. The fourth-order valence-corrected chi connectivity index (χ4v) is 2.81. The van der Waals surface area contributed by atoms with Crippen LogP contribution in [-0.2, 0) is 0 Å². The highest BCUT2D eigenvalue weighted by molar-refractivity contribution is 6.02. The molecular formula is C19H15N5O2. The highest BCUT2D eigenvalue weighted by atomic mass is 16.2. The molecule has 0 saturated carbocycles. The van der Waals surface area contributed by atoms with E-state index in [2.05, 4.69) is 15.0 Å². The maximum Gasteiger partial charge on any atom is 0.332 e. The molecule has 0 radical (unpaired) electrons. The van der Waals surface area contributed by atoms with Gasteiger partial charge in [-0.3, -0.25) is 4.79 Å². The number of amides is 1. The quantitative estimate of drug-likeness (QED) is 0.593. The van der Waals surface area contributed by atoms with Crippen molar-refractivity contribution in [2.24, 2.45) is 5.73 Å². The van der Waals surface area contributed by atoms with Crippen LogP contribution >= 0.6 is 0 Å². The Balaban J connectivity index is 2.06. The Morgan fingerprint density at radius 1 is 1.04 bits per heavy atom. The molecule has 0 unspecified atom stereocenters. The number of nitrogens with zero attached hydrogens (tertiary/aromatic N) is 3. The maximum atomic E-state index is 12.5. The highest BCUT2D eigenvalue weighted by Crippen LogP contribution is 2.21. The van der Waals surface area contributed by atoms with Gasteiger partial charge >= 0.3 is 5.69 Å². The van der Waals surface area contributed by atoms with Crippen molar-refractivity contribution in [1.29, 1.82) is 0 Å². The predicted octanol–water partition coefficient (Wildman–Crippen LogP) is 2.18. The first-order chi connectivity index (χ1) is 12.5. The minimum Gasteiger partial charge on any atom is -0.364 e. The maximum absolute atomic E-state index is 12.5. The standard InChI is InChI=1S/C19H15N5O2/c1-11-7-9-13(10-8-11)24-18-15(22-19(24)26)14(16(20)25)21-17(23-18)12-5-3-2-4-6-12/h2-10H,1H3,(H2,20,25)(H,22,26). The number of benzene rings is 2. The van der Waals surface area contributed by atoms with E-state index in [1.54, 1.807) is 0 Å². The summed E-state index contributed by atoms with van der Waals surface area (Å²) < 4.78 is 1.41. The zero-order valence-electron chi connectivity index (χ0n) is 13.9. The average Bonchev–Trinajstić information content (AvgIpc) is 2.98. The van der Waals surface area contributed by atoms with Crippen LogP contribution in [0.1, 0.15) is 16.1 Å². The van der Waals surface area contributed by atoms with Crippen molar-refractivity contribution in [2.45, 2.75) is 6.92 Å². The number of carbonyl (C=O) groups excluding carboxylic acids is 1. The van der Waals surface area contributed by atoms with E-state index >= 15 is 0 Å². The third kappa shape index (κ3) is 2.55. The summed E-state index contributed by atoms with van der Waals surface area (Å²) in [4.78, 5) is 35.9. The van der Waals surface area contributed by atoms with Gasteiger partial charge in [-0.1, -0.05) is 48.0 Å². The van der Waals surface area contributed by atoms with Gasteiger partial charge in [0.05, 0.1) is 5.69 Å². The van der Waals surface area contributed by atoms with Gasteiger partial charge in [-0.25, -0.2) is 19.3 Å². The fourth-order valence-electron chi connectivity index (χ4n) is 2.81. The van der Waals surface area contributed by atoms with Crippen LogP contribution in [-0.4, -0.2) is 25.4 Å². The van der Waals surface area contributed by atoms with Crippen LogP contribution in [0.25, 0.3) is 28.2 Å². The van der Waals surface area contributed by atoms with Crippen molar-refractivity contribution < 1.29 is 4.79 Å². The topological polar surface area (TPSA) is 107 Å². The molecule has 0 bridgehead atoms. The first-order valence-electron chi connectivity index (χ1n) is 7.99. The van der Waals surface area contributed by atoms with Crippen LogP contribution in [0.5, 0.6) is 0 Å². The van der Waals surface area contributed by atoms with Gasteiger partial charge in [0, 0.05) is 5.56 Å². The van der Waals surface area contributed by atoms with E-state index in [1.165, 1.54) is 4.57 Å². The first kappa shape index (κ1) is 15.8. The van der Waals surface area contributed by atoms with E-state index in [-0.39, 0.29) is 11.2 Å². The normalized spacial score (nSPS) is 11.0. The van der Waals surface area contributed by atoms with Gasteiger partial charge in [-0.05, 0) is 19.1 Å². The van der Waals surface area contributed by atoms with Crippen LogP contribution in [0, 0.1) is 6.92 Å². The van der Waals surface area contributed by atoms with Crippen LogP contribution in [0.15, 0.2) is 59.4 Å². The number of hydrogen-bond acceptors (Lipinski definition) is 4. The number of aromatic nitrogens is 4. The van der Waals surface area contributed by atoms with Gasteiger partial charge in [0.25, 0.3) is 5.91 Å². The molecule has 2 heterocycles. The molecule has 4 rings (SSSR count). The molecule has 128 valence electrons. The lowest BCUT2D eigenvalue weighted by atomic mass is 10.2. The van der Waals surface area contributed by atoms with Crippen molar-refractivity contribution in [3.05, 3.63) is 76.3 Å². The Morgan fingerprint density at radius 3 is 2.38 bits per heavy atom. The molecule has 7 nitrogen and oxygen atoms in total. The van der Waals surface area contributed by atoms with Crippen molar-refractivity contribution in [3.63, 3.8) is 0 Å². The number of primary amides is 1. The van der Waals surface area contributed by atoms with E-state index in [1.807, 2.05) is 61.5 Å². The first-order valence-corrected chi connectivity index (χ1v) is 7.99. The Hall–Kier alpha value is -3.74. The van der Waals surface area contributed by atoms with Gasteiger partial charge in [-0.2, -0.15) is 0 Å². The molecule has 4 aromatic rings. The summed E-state index contributed by atoms with van der Waals surface area (Å²) in [7, 11) is 0. The summed E-state index contributed by atoms with van der Waals surface area (Å²) in [6.07, 6.45) is 0. The lowest BCUT2D eigenvalue weighted by Crippen LogP contribution is -2.15. The van der Waals surface area contributed by atoms with Crippen molar-refractivity contribution in [3.8, 4) is 17.1 Å². The lowest BCUT2D eigenvalue weighted by Gasteiger charge is -2.06. The lowest BCUT2D eigenvalue weighted by molar-refractivity contribution is 0.0997. The van der Waals surface area contributed by atoms with E-state index in [0.717, 1.165) is 11.1 Å². The van der Waals surface area contributed by atoms with Crippen LogP contribution in [0.2, 0.25) is 0 Å². The number of nitrogens with two attached hydrogens (primary N) is 1. The number of H-pyrrole nitrogens is 1. The van der Waals surface area contributed by atoms with E-state index in [4.69, 9.17) is 5.73 Å². The molecule has 7 heteroatoms. The second-order valence-corrected chi connectivity index (χ2v) is 5.93. The van der Waals surface area contributed by atoms with Gasteiger partial charge in [0.2, 0.25) is 0 Å². The Labute approximate surface area is 148 Å². The molecular weight excluding hydrogens is 330 g/mol. The molecule has 2 aromatic heterocycles. The predicted molar refractivity (Wildman–Crippen MR) is 98.2 cm³/mol. The molecule has 0 aliphatic heterocycles. The van der Waals surface area contributed by atoms with Gasteiger partial charge < -0.3 is 10.7 Å². The van der Waals surface area contributed by atoms with Crippen molar-refractivity contribution in [1.82, 2.24) is 19.5 Å². The monoisotopic (exact) mass is 345 g/mol.